The van der Waals surface area contributed by atoms with Crippen molar-refractivity contribution in [2.45, 2.75) is 25.6 Å². The summed E-state index contributed by atoms with van der Waals surface area (Å²) in [6.07, 6.45) is 0.309. The van der Waals surface area contributed by atoms with Crippen LogP contribution >= 0.6 is 22.9 Å². The first-order valence-electron chi connectivity index (χ1n) is 10.9. The van der Waals surface area contributed by atoms with Crippen LogP contribution in [0, 0.1) is 6.92 Å². The minimum absolute atomic E-state index is 0.0788. The van der Waals surface area contributed by atoms with E-state index in [4.69, 9.17) is 21.1 Å². The third kappa shape index (κ3) is 6.71. The van der Waals surface area contributed by atoms with E-state index in [0.717, 1.165) is 30.8 Å². The zero-order valence-electron chi connectivity index (χ0n) is 18.4. The summed E-state index contributed by atoms with van der Waals surface area (Å²) >= 11 is 7.31. The summed E-state index contributed by atoms with van der Waals surface area (Å²) in [5, 5.41) is 16.0. The number of nitrogens with zero attached hydrogens (tertiary/aromatic N) is 1. The SMILES string of the molecule is Cc1ccc(NC(=O)c2cccs2)c(OCC(O)CN2CCC(Oc3ccc(Cl)cc3)C2)c1. The number of aliphatic hydroxyl groups is 1. The summed E-state index contributed by atoms with van der Waals surface area (Å²) < 4.78 is 11.9. The summed E-state index contributed by atoms with van der Waals surface area (Å²) in [5.74, 6) is 1.17. The van der Waals surface area contributed by atoms with Gasteiger partial charge in [0.25, 0.3) is 5.91 Å². The Labute approximate surface area is 202 Å². The van der Waals surface area contributed by atoms with Gasteiger partial charge in [-0.1, -0.05) is 23.7 Å². The van der Waals surface area contributed by atoms with Gasteiger partial charge in [0.2, 0.25) is 0 Å². The number of aryl methyl sites for hydroxylation is 1. The van der Waals surface area contributed by atoms with E-state index in [2.05, 4.69) is 10.2 Å². The molecule has 0 spiro atoms. The second-order valence-corrected chi connectivity index (χ2v) is 9.52. The Kier molecular flexibility index (Phi) is 7.88. The summed E-state index contributed by atoms with van der Waals surface area (Å²) in [6.45, 7) is 4.17. The van der Waals surface area contributed by atoms with E-state index in [1.54, 1.807) is 6.07 Å². The highest BCUT2D eigenvalue weighted by molar-refractivity contribution is 7.12. The average molecular weight is 487 g/mol. The van der Waals surface area contributed by atoms with Crippen LogP contribution in [-0.2, 0) is 0 Å². The molecule has 0 bridgehead atoms. The van der Waals surface area contributed by atoms with Gasteiger partial charge in [-0.25, -0.2) is 0 Å². The van der Waals surface area contributed by atoms with Gasteiger partial charge in [-0.05, 0) is 66.8 Å². The van der Waals surface area contributed by atoms with Gasteiger partial charge < -0.3 is 19.9 Å². The molecule has 174 valence electrons. The van der Waals surface area contributed by atoms with Crippen molar-refractivity contribution in [2.75, 3.05) is 31.6 Å². The molecule has 1 aliphatic heterocycles. The molecule has 1 amide bonds. The van der Waals surface area contributed by atoms with Gasteiger partial charge in [-0.15, -0.1) is 11.3 Å². The van der Waals surface area contributed by atoms with Crippen LogP contribution in [0.3, 0.4) is 0 Å². The average Bonchev–Trinajstić information content (AvgIpc) is 3.48. The highest BCUT2D eigenvalue weighted by Gasteiger charge is 2.26. The predicted octanol–water partition coefficient (Wildman–Crippen LogP) is 4.86. The normalized spacial score (nSPS) is 17.0. The quantitative estimate of drug-likeness (QED) is 0.452. The Hall–Kier alpha value is -2.58. The molecule has 6 nitrogen and oxygen atoms in total. The fraction of sp³-hybridized carbons (Fsp3) is 0.320. The first-order chi connectivity index (χ1) is 16.0. The lowest BCUT2D eigenvalue weighted by atomic mass is 10.2. The van der Waals surface area contributed by atoms with E-state index in [9.17, 15) is 9.90 Å². The van der Waals surface area contributed by atoms with E-state index < -0.39 is 6.10 Å². The fourth-order valence-corrected chi connectivity index (χ4v) is 4.49. The van der Waals surface area contributed by atoms with Gasteiger partial charge >= 0.3 is 0 Å². The summed E-state index contributed by atoms with van der Waals surface area (Å²) in [7, 11) is 0. The largest absolute Gasteiger partial charge is 0.489 e. The monoisotopic (exact) mass is 486 g/mol. The molecule has 2 atom stereocenters. The van der Waals surface area contributed by atoms with E-state index in [1.165, 1.54) is 11.3 Å². The van der Waals surface area contributed by atoms with Gasteiger partial charge in [-0.2, -0.15) is 0 Å². The highest BCUT2D eigenvalue weighted by atomic mass is 35.5. The Morgan fingerprint density at radius 1 is 1.27 bits per heavy atom. The summed E-state index contributed by atoms with van der Waals surface area (Å²) in [4.78, 5) is 15.2. The molecule has 2 N–H and O–H groups in total. The van der Waals surface area contributed by atoms with Crippen LogP contribution in [-0.4, -0.2) is 54.4 Å². The van der Waals surface area contributed by atoms with Crippen LogP contribution in [0.15, 0.2) is 60.0 Å². The lowest BCUT2D eigenvalue weighted by molar-refractivity contribution is 0.0722. The van der Waals surface area contributed by atoms with Gasteiger partial charge in [0.05, 0.1) is 10.6 Å². The number of benzene rings is 2. The van der Waals surface area contributed by atoms with E-state index in [0.29, 0.717) is 27.9 Å². The second kappa shape index (κ2) is 11.0. The standard InChI is InChI=1S/C25H27ClN2O4S/c1-17-4-9-22(27-25(30)24-3-2-12-33-24)23(13-17)31-16-19(29)14-28-11-10-21(15-28)32-20-7-5-18(26)6-8-20/h2-9,12-13,19,21,29H,10-11,14-16H2,1H3,(H,27,30). The predicted molar refractivity (Wildman–Crippen MR) is 132 cm³/mol. The molecule has 1 aliphatic rings. The van der Waals surface area contributed by atoms with E-state index in [1.807, 2.05) is 60.8 Å². The van der Waals surface area contributed by atoms with Crippen molar-refractivity contribution in [3.63, 3.8) is 0 Å². The number of rotatable bonds is 9. The first kappa shape index (κ1) is 23.6. The van der Waals surface area contributed by atoms with Crippen molar-refractivity contribution in [2.24, 2.45) is 0 Å². The highest BCUT2D eigenvalue weighted by Crippen LogP contribution is 2.27. The molecular formula is C25H27ClN2O4S. The molecule has 1 aromatic heterocycles. The Morgan fingerprint density at radius 2 is 2.09 bits per heavy atom. The molecule has 2 aromatic carbocycles. The number of carbonyl (C=O) groups excluding carboxylic acids is 1. The maximum Gasteiger partial charge on any atom is 0.265 e. The van der Waals surface area contributed by atoms with Crippen molar-refractivity contribution in [3.05, 3.63) is 75.4 Å². The lowest BCUT2D eigenvalue weighted by Gasteiger charge is -2.21. The number of hydrogen-bond donors (Lipinski definition) is 2. The molecule has 3 aromatic rings. The van der Waals surface area contributed by atoms with Crippen LogP contribution < -0.4 is 14.8 Å². The number of carbonyl (C=O) groups is 1. The number of ether oxygens (including phenoxy) is 2. The number of thiophene rings is 1. The van der Waals surface area contributed by atoms with Crippen molar-refractivity contribution >= 4 is 34.5 Å². The molecule has 0 saturated carbocycles. The van der Waals surface area contributed by atoms with Crippen molar-refractivity contribution in [1.29, 1.82) is 0 Å². The van der Waals surface area contributed by atoms with E-state index >= 15 is 0 Å². The first-order valence-corrected chi connectivity index (χ1v) is 12.1. The van der Waals surface area contributed by atoms with Crippen LogP contribution in [0.25, 0.3) is 0 Å². The summed E-state index contributed by atoms with van der Waals surface area (Å²) in [6, 6.07) is 16.6. The number of anilines is 1. The number of hydrogen-bond acceptors (Lipinski definition) is 6. The van der Waals surface area contributed by atoms with Crippen LogP contribution in [0.2, 0.25) is 5.02 Å². The minimum Gasteiger partial charge on any atom is -0.489 e. The number of nitrogens with one attached hydrogen (secondary N) is 1. The third-order valence-corrected chi connectivity index (χ3v) is 6.50. The number of amides is 1. The van der Waals surface area contributed by atoms with Crippen molar-refractivity contribution < 1.29 is 19.4 Å². The zero-order chi connectivity index (χ0) is 23.2. The Morgan fingerprint density at radius 3 is 2.85 bits per heavy atom. The number of halogens is 1. The van der Waals surface area contributed by atoms with Gasteiger partial charge in [0, 0.05) is 24.7 Å². The summed E-state index contributed by atoms with van der Waals surface area (Å²) in [5.41, 5.74) is 1.60. The fourth-order valence-electron chi connectivity index (χ4n) is 3.75. The molecule has 2 heterocycles. The van der Waals surface area contributed by atoms with Gasteiger partial charge in [0.1, 0.15) is 30.3 Å². The second-order valence-electron chi connectivity index (χ2n) is 8.14. The minimum atomic E-state index is -0.666. The number of β-amino-alcohol motifs (C(OH)–C–C–N with tert-alkyl or cyclic N) is 1. The third-order valence-electron chi connectivity index (χ3n) is 5.38. The maximum atomic E-state index is 12.4. The van der Waals surface area contributed by atoms with Crippen LogP contribution in [0.4, 0.5) is 5.69 Å². The Balaban J connectivity index is 1.27. The maximum absolute atomic E-state index is 12.4. The van der Waals surface area contributed by atoms with Gasteiger partial charge in [0.15, 0.2) is 0 Å². The topological polar surface area (TPSA) is 71.0 Å². The lowest BCUT2D eigenvalue weighted by Crippen LogP contribution is -2.35. The van der Waals surface area contributed by atoms with Crippen molar-refractivity contribution in [1.82, 2.24) is 4.90 Å². The zero-order valence-corrected chi connectivity index (χ0v) is 19.9. The molecule has 0 aliphatic carbocycles. The van der Waals surface area contributed by atoms with Crippen molar-refractivity contribution in [3.8, 4) is 11.5 Å². The Bertz CT molecular complexity index is 1060. The van der Waals surface area contributed by atoms with Crippen LogP contribution in [0.5, 0.6) is 11.5 Å². The molecule has 1 saturated heterocycles. The molecule has 2 unspecified atom stereocenters. The number of aliphatic hydroxyl groups excluding tert-OH is 1. The van der Waals surface area contributed by atoms with E-state index in [-0.39, 0.29) is 18.6 Å². The van der Waals surface area contributed by atoms with Crippen LogP contribution in [0.1, 0.15) is 21.7 Å². The molecule has 8 heteroatoms. The smallest absolute Gasteiger partial charge is 0.265 e. The molecular weight excluding hydrogens is 460 g/mol. The number of likely N-dealkylation sites (tertiary alicyclic amines) is 1. The molecule has 33 heavy (non-hydrogen) atoms. The molecule has 4 rings (SSSR count). The molecule has 0 radical (unpaired) electrons. The molecule has 1 fully saturated rings. The van der Waals surface area contributed by atoms with Gasteiger partial charge in [-0.3, -0.25) is 9.69 Å².